The molecule has 0 bridgehead atoms. The van der Waals surface area contributed by atoms with E-state index in [0.29, 0.717) is 11.1 Å². The molecule has 3 fully saturated rings. The Labute approximate surface area is 139 Å². The van der Waals surface area contributed by atoms with Crippen LogP contribution in [0.5, 0.6) is 0 Å². The van der Waals surface area contributed by atoms with E-state index in [1.54, 1.807) is 0 Å². The first-order valence-corrected chi connectivity index (χ1v) is 8.67. The Morgan fingerprint density at radius 2 is 2.17 bits per heavy atom. The van der Waals surface area contributed by atoms with E-state index in [-0.39, 0.29) is 23.7 Å². The molecule has 2 aromatic heterocycles. The number of ether oxygens (including phenoxy) is 2. The molecule has 5 nitrogen and oxygen atoms in total. The maximum atomic E-state index is 6.30. The Morgan fingerprint density at radius 1 is 1.35 bits per heavy atom. The molecule has 1 aliphatic heterocycles. The van der Waals surface area contributed by atoms with Gasteiger partial charge in [0.15, 0.2) is 5.79 Å². The SMILES string of the molecule is CC[C@]12C[C@@H]1[C@@H](n1ccc3c(Cl)ncnc31)[C@@H]1OC(C)(C)O[C@@H]12. The monoisotopic (exact) mass is 333 g/mol. The van der Waals surface area contributed by atoms with Gasteiger partial charge in [-0.3, -0.25) is 0 Å². The standard InChI is InChI=1S/C17H20ClN3O2/c1-4-17-7-10(17)11(12-13(17)23-16(2,3)22-12)21-6-5-9-14(18)19-8-20-15(9)21/h5-6,8,10-13H,4,7H2,1-3H3/t10-,11-,12+,13+,17+/m1/s1. The molecule has 0 amide bonds. The maximum absolute atomic E-state index is 6.30. The highest BCUT2D eigenvalue weighted by molar-refractivity contribution is 6.33. The summed E-state index contributed by atoms with van der Waals surface area (Å²) in [6.07, 6.45) is 6.19. The second kappa shape index (κ2) is 4.26. The van der Waals surface area contributed by atoms with Crippen molar-refractivity contribution in [3.05, 3.63) is 23.7 Å². The second-order valence-corrected chi connectivity index (χ2v) is 7.89. The van der Waals surface area contributed by atoms with E-state index in [1.807, 2.05) is 19.9 Å². The van der Waals surface area contributed by atoms with Gasteiger partial charge < -0.3 is 14.0 Å². The Kier molecular flexibility index (Phi) is 2.63. The molecule has 1 saturated heterocycles. The summed E-state index contributed by atoms with van der Waals surface area (Å²) in [5.74, 6) is 0.0711. The predicted octanol–water partition coefficient (Wildman–Crippen LogP) is 3.58. The highest BCUT2D eigenvalue weighted by atomic mass is 35.5. The van der Waals surface area contributed by atoms with Gasteiger partial charge >= 0.3 is 0 Å². The van der Waals surface area contributed by atoms with E-state index in [4.69, 9.17) is 21.1 Å². The minimum absolute atomic E-state index is 0.0769. The van der Waals surface area contributed by atoms with E-state index < -0.39 is 5.79 Å². The third kappa shape index (κ3) is 1.70. The van der Waals surface area contributed by atoms with Crippen LogP contribution >= 0.6 is 11.6 Å². The molecular formula is C17H20ClN3O2. The summed E-state index contributed by atoms with van der Waals surface area (Å²) >= 11 is 6.21. The lowest BCUT2D eigenvalue weighted by atomic mass is 9.96. The van der Waals surface area contributed by atoms with Crippen LogP contribution in [-0.4, -0.2) is 32.5 Å². The summed E-state index contributed by atoms with van der Waals surface area (Å²) in [6.45, 7) is 6.28. The highest BCUT2D eigenvalue weighted by Gasteiger charge is 2.75. The smallest absolute Gasteiger partial charge is 0.163 e. The molecule has 0 unspecified atom stereocenters. The van der Waals surface area contributed by atoms with Crippen molar-refractivity contribution in [2.45, 2.75) is 57.6 Å². The number of nitrogens with zero attached hydrogens (tertiary/aromatic N) is 3. The molecule has 2 aliphatic carbocycles. The van der Waals surface area contributed by atoms with Crippen molar-refractivity contribution in [3.8, 4) is 0 Å². The second-order valence-electron chi connectivity index (χ2n) is 7.53. The van der Waals surface area contributed by atoms with Crippen molar-refractivity contribution in [3.63, 3.8) is 0 Å². The van der Waals surface area contributed by atoms with Crippen LogP contribution in [0.25, 0.3) is 11.0 Å². The minimum atomic E-state index is -0.515. The lowest BCUT2D eigenvalue weighted by Gasteiger charge is -2.24. The van der Waals surface area contributed by atoms with Crippen molar-refractivity contribution in [2.75, 3.05) is 0 Å². The molecule has 5 rings (SSSR count). The number of hydrogen-bond acceptors (Lipinski definition) is 4. The van der Waals surface area contributed by atoms with Crippen molar-refractivity contribution < 1.29 is 9.47 Å². The van der Waals surface area contributed by atoms with E-state index in [9.17, 15) is 0 Å². The molecule has 3 heterocycles. The van der Waals surface area contributed by atoms with Crippen LogP contribution in [0, 0.1) is 11.3 Å². The van der Waals surface area contributed by atoms with Crippen molar-refractivity contribution >= 4 is 22.6 Å². The number of fused-ring (bicyclic) bond motifs is 4. The summed E-state index contributed by atoms with van der Waals surface area (Å²) in [7, 11) is 0. The molecular weight excluding hydrogens is 314 g/mol. The molecule has 0 spiro atoms. The average molecular weight is 334 g/mol. The van der Waals surface area contributed by atoms with Crippen LogP contribution in [0.3, 0.4) is 0 Å². The Morgan fingerprint density at radius 3 is 2.96 bits per heavy atom. The van der Waals surface area contributed by atoms with Gasteiger partial charge in [-0.1, -0.05) is 18.5 Å². The fourth-order valence-corrected chi connectivity index (χ4v) is 5.18. The zero-order valence-electron chi connectivity index (χ0n) is 13.5. The summed E-state index contributed by atoms with van der Waals surface area (Å²) < 4.78 is 14.8. The molecule has 0 N–H and O–H groups in total. The van der Waals surface area contributed by atoms with Crippen LogP contribution < -0.4 is 0 Å². The number of aromatic nitrogens is 3. The van der Waals surface area contributed by atoms with Crippen LogP contribution in [0.2, 0.25) is 5.15 Å². The third-order valence-corrected chi connectivity index (χ3v) is 6.36. The fraction of sp³-hybridized carbons (Fsp3) is 0.647. The highest BCUT2D eigenvalue weighted by Crippen LogP contribution is 2.73. The largest absolute Gasteiger partial charge is 0.344 e. The van der Waals surface area contributed by atoms with E-state index in [0.717, 1.165) is 17.5 Å². The molecule has 6 heteroatoms. The van der Waals surface area contributed by atoms with Crippen molar-refractivity contribution in [1.29, 1.82) is 0 Å². The fourth-order valence-electron chi connectivity index (χ4n) is 4.99. The maximum Gasteiger partial charge on any atom is 0.163 e. The molecule has 2 saturated carbocycles. The predicted molar refractivity (Wildman–Crippen MR) is 86.2 cm³/mol. The van der Waals surface area contributed by atoms with Gasteiger partial charge in [-0.2, -0.15) is 0 Å². The van der Waals surface area contributed by atoms with Crippen LogP contribution in [0.15, 0.2) is 18.6 Å². The summed E-state index contributed by atoms with van der Waals surface area (Å²) in [5.41, 5.74) is 1.15. The number of rotatable bonds is 2. The molecule has 122 valence electrons. The summed E-state index contributed by atoms with van der Waals surface area (Å²) in [4.78, 5) is 8.55. The van der Waals surface area contributed by atoms with Gasteiger partial charge in [0.2, 0.25) is 0 Å². The van der Waals surface area contributed by atoms with Crippen LogP contribution in [0.1, 0.15) is 39.7 Å². The van der Waals surface area contributed by atoms with Gasteiger partial charge in [-0.15, -0.1) is 0 Å². The van der Waals surface area contributed by atoms with Gasteiger partial charge in [0, 0.05) is 11.6 Å². The van der Waals surface area contributed by atoms with Crippen LogP contribution in [0.4, 0.5) is 0 Å². The van der Waals surface area contributed by atoms with Gasteiger partial charge in [-0.05, 0) is 38.7 Å². The molecule has 5 atom stereocenters. The Balaban J connectivity index is 1.64. The molecule has 0 aromatic carbocycles. The number of halogens is 1. The van der Waals surface area contributed by atoms with Crippen LogP contribution in [-0.2, 0) is 9.47 Å². The van der Waals surface area contributed by atoms with Gasteiger partial charge in [-0.25, -0.2) is 9.97 Å². The summed E-state index contributed by atoms with van der Waals surface area (Å²) in [6, 6.07) is 2.26. The average Bonchev–Trinajstić information content (AvgIpc) is 2.78. The Bertz CT molecular complexity index is 804. The first-order chi connectivity index (χ1) is 11.0. The topological polar surface area (TPSA) is 49.2 Å². The molecule has 23 heavy (non-hydrogen) atoms. The lowest BCUT2D eigenvalue weighted by Crippen LogP contribution is -2.31. The van der Waals surface area contributed by atoms with E-state index in [1.165, 1.54) is 12.7 Å². The zero-order valence-corrected chi connectivity index (χ0v) is 14.2. The molecule has 2 aromatic rings. The van der Waals surface area contributed by atoms with Gasteiger partial charge in [0.05, 0.1) is 17.5 Å². The summed E-state index contributed by atoms with van der Waals surface area (Å²) in [5, 5.41) is 1.41. The first kappa shape index (κ1) is 14.2. The van der Waals surface area contributed by atoms with Gasteiger partial charge in [0.25, 0.3) is 0 Å². The lowest BCUT2D eigenvalue weighted by molar-refractivity contribution is -0.161. The van der Waals surface area contributed by atoms with Gasteiger partial charge in [0.1, 0.15) is 23.2 Å². The normalized spacial score (nSPS) is 40.3. The minimum Gasteiger partial charge on any atom is -0.344 e. The zero-order chi connectivity index (χ0) is 16.0. The first-order valence-electron chi connectivity index (χ1n) is 8.29. The van der Waals surface area contributed by atoms with Crippen molar-refractivity contribution in [2.24, 2.45) is 11.3 Å². The van der Waals surface area contributed by atoms with Crippen molar-refractivity contribution in [1.82, 2.24) is 14.5 Å². The molecule has 0 radical (unpaired) electrons. The van der Waals surface area contributed by atoms with E-state index in [2.05, 4.69) is 27.7 Å². The third-order valence-electron chi connectivity index (χ3n) is 6.06. The quantitative estimate of drug-likeness (QED) is 0.788. The van der Waals surface area contributed by atoms with E-state index >= 15 is 0 Å². The molecule has 3 aliphatic rings. The Hall–Kier alpha value is -1.17. The number of hydrogen-bond donors (Lipinski definition) is 0.